The van der Waals surface area contributed by atoms with Crippen molar-refractivity contribution in [1.82, 2.24) is 0 Å². The molecule has 4 rings (SSSR count). The van der Waals surface area contributed by atoms with Gasteiger partial charge in [-0.25, -0.2) is 4.79 Å². The van der Waals surface area contributed by atoms with E-state index >= 15 is 0 Å². The van der Waals surface area contributed by atoms with Crippen LogP contribution >= 0.6 is 0 Å². The number of carbonyl (C=O) groups excluding carboxylic acids is 2. The van der Waals surface area contributed by atoms with Crippen molar-refractivity contribution in [2.24, 2.45) is 5.73 Å². The molecule has 2 aromatic carbocycles. The molecule has 0 amide bonds. The fourth-order valence-electron chi connectivity index (χ4n) is 3.46. The van der Waals surface area contributed by atoms with Crippen LogP contribution in [0.2, 0.25) is 0 Å². The fraction of sp³-hybridized carbons (Fsp3) is 0.0476. The summed E-state index contributed by atoms with van der Waals surface area (Å²) in [5, 5.41) is 18.7. The largest absolute Gasteiger partial charge is 0.478 e. The van der Waals surface area contributed by atoms with Crippen molar-refractivity contribution in [2.45, 2.75) is 5.92 Å². The van der Waals surface area contributed by atoms with Crippen LogP contribution in [0.25, 0.3) is 0 Å². The number of rotatable bonds is 2. The van der Waals surface area contributed by atoms with Gasteiger partial charge >= 0.3 is 5.97 Å². The third kappa shape index (κ3) is 2.40. The van der Waals surface area contributed by atoms with Gasteiger partial charge in [0.2, 0.25) is 11.7 Å². The summed E-state index contributed by atoms with van der Waals surface area (Å²) in [7, 11) is 0. The van der Waals surface area contributed by atoms with E-state index in [0.717, 1.165) is 0 Å². The molecular formula is C21H12N2O5. The molecule has 0 saturated heterocycles. The van der Waals surface area contributed by atoms with Crippen LogP contribution in [0.1, 0.15) is 42.6 Å². The van der Waals surface area contributed by atoms with Crippen LogP contribution in [0.15, 0.2) is 71.3 Å². The number of ketones is 2. The third-order valence-electron chi connectivity index (χ3n) is 4.78. The Labute approximate surface area is 159 Å². The van der Waals surface area contributed by atoms with Crippen LogP contribution in [0.3, 0.4) is 0 Å². The van der Waals surface area contributed by atoms with Gasteiger partial charge in [0.25, 0.3) is 0 Å². The Morgan fingerprint density at radius 1 is 1.04 bits per heavy atom. The van der Waals surface area contributed by atoms with Crippen molar-refractivity contribution in [3.8, 4) is 6.07 Å². The van der Waals surface area contributed by atoms with E-state index < -0.39 is 23.5 Å². The minimum absolute atomic E-state index is 0.0117. The van der Waals surface area contributed by atoms with E-state index in [1.54, 1.807) is 12.1 Å². The van der Waals surface area contributed by atoms with Gasteiger partial charge in [-0.3, -0.25) is 9.59 Å². The number of nitrogens with zero attached hydrogens (tertiary/aromatic N) is 1. The van der Waals surface area contributed by atoms with Gasteiger partial charge in [0.05, 0.1) is 17.1 Å². The molecule has 1 atom stereocenters. The number of carbonyl (C=O) groups is 3. The molecule has 0 unspecified atom stereocenters. The minimum atomic E-state index is -1.10. The molecule has 1 aliphatic carbocycles. The molecule has 3 N–H and O–H groups in total. The van der Waals surface area contributed by atoms with Crippen molar-refractivity contribution >= 4 is 17.5 Å². The summed E-state index contributed by atoms with van der Waals surface area (Å²) in [5.74, 6) is -3.41. The standard InChI is InChI=1S/C21H12N2O5/c22-9-14-15(10-5-7-11(8-6-10)21(26)27)16-17(24)12-3-1-2-4-13(12)18(25)19(16)28-20(14)23/h1-8,15H,23H2,(H,26,27)/t15-/m0/s1. The summed E-state index contributed by atoms with van der Waals surface area (Å²) in [6.45, 7) is 0. The lowest BCUT2D eigenvalue weighted by molar-refractivity contribution is 0.0696. The summed E-state index contributed by atoms with van der Waals surface area (Å²) >= 11 is 0. The Bertz CT molecular complexity index is 1170. The number of carboxylic acids is 1. The van der Waals surface area contributed by atoms with Gasteiger partial charge in [0.15, 0.2) is 11.5 Å². The third-order valence-corrected chi connectivity index (χ3v) is 4.78. The average molecular weight is 372 g/mol. The molecule has 0 spiro atoms. The van der Waals surface area contributed by atoms with Gasteiger partial charge < -0.3 is 15.6 Å². The van der Waals surface area contributed by atoms with Crippen LogP contribution in [-0.2, 0) is 4.74 Å². The lowest BCUT2D eigenvalue weighted by Gasteiger charge is -2.30. The van der Waals surface area contributed by atoms with Crippen LogP contribution < -0.4 is 5.73 Å². The highest BCUT2D eigenvalue weighted by Gasteiger charge is 2.43. The minimum Gasteiger partial charge on any atom is -0.478 e. The summed E-state index contributed by atoms with van der Waals surface area (Å²) in [6.07, 6.45) is 0. The van der Waals surface area contributed by atoms with Crippen molar-refractivity contribution in [2.75, 3.05) is 0 Å². The Balaban J connectivity index is 1.93. The quantitative estimate of drug-likeness (QED) is 0.828. The molecule has 7 heteroatoms. The monoisotopic (exact) mass is 372 g/mol. The molecule has 0 radical (unpaired) electrons. The van der Waals surface area contributed by atoms with Crippen LogP contribution in [0, 0.1) is 11.3 Å². The molecule has 0 saturated carbocycles. The second kappa shape index (κ2) is 6.21. The van der Waals surface area contributed by atoms with E-state index in [4.69, 9.17) is 15.6 Å². The SMILES string of the molecule is N#CC1=C(N)OC2=C(C(=O)c3ccccc3C2=O)[C@H]1c1ccc(C(=O)O)cc1. The number of allylic oxidation sites excluding steroid dienone is 3. The first-order valence-corrected chi connectivity index (χ1v) is 8.27. The second-order valence-electron chi connectivity index (χ2n) is 6.30. The number of hydrogen-bond acceptors (Lipinski definition) is 6. The van der Waals surface area contributed by atoms with Crippen LogP contribution in [-0.4, -0.2) is 22.6 Å². The number of benzene rings is 2. The Hall–Kier alpha value is -4.18. The zero-order valence-corrected chi connectivity index (χ0v) is 14.3. The van der Waals surface area contributed by atoms with Crippen molar-refractivity contribution < 1.29 is 24.2 Å². The highest BCUT2D eigenvalue weighted by molar-refractivity contribution is 6.27. The Morgan fingerprint density at radius 2 is 1.64 bits per heavy atom. The molecule has 2 aliphatic rings. The maximum absolute atomic E-state index is 13.2. The molecule has 7 nitrogen and oxygen atoms in total. The maximum atomic E-state index is 13.2. The number of nitrogens with two attached hydrogens (primary N) is 1. The molecule has 136 valence electrons. The first-order valence-electron chi connectivity index (χ1n) is 8.27. The molecule has 1 aliphatic heterocycles. The first-order chi connectivity index (χ1) is 13.4. The number of aromatic carboxylic acids is 1. The predicted octanol–water partition coefficient (Wildman–Crippen LogP) is 2.53. The summed E-state index contributed by atoms with van der Waals surface area (Å²) in [4.78, 5) is 37.2. The van der Waals surface area contributed by atoms with Crippen LogP contribution in [0.4, 0.5) is 0 Å². The van der Waals surface area contributed by atoms with E-state index in [2.05, 4.69) is 0 Å². The van der Waals surface area contributed by atoms with E-state index in [1.165, 1.54) is 36.4 Å². The molecule has 2 aromatic rings. The average Bonchev–Trinajstić information content (AvgIpc) is 2.71. The van der Waals surface area contributed by atoms with Gasteiger partial charge in [0, 0.05) is 11.1 Å². The van der Waals surface area contributed by atoms with Gasteiger partial charge in [-0.05, 0) is 17.7 Å². The van der Waals surface area contributed by atoms with E-state index in [9.17, 15) is 19.6 Å². The topological polar surface area (TPSA) is 130 Å². The van der Waals surface area contributed by atoms with Crippen molar-refractivity contribution in [1.29, 1.82) is 5.26 Å². The smallest absolute Gasteiger partial charge is 0.335 e. The highest BCUT2D eigenvalue weighted by Crippen LogP contribution is 2.43. The van der Waals surface area contributed by atoms with Crippen LogP contribution in [0.5, 0.6) is 0 Å². The number of ether oxygens (including phenoxy) is 1. The highest BCUT2D eigenvalue weighted by atomic mass is 16.5. The second-order valence-corrected chi connectivity index (χ2v) is 6.30. The maximum Gasteiger partial charge on any atom is 0.335 e. The molecular weight excluding hydrogens is 360 g/mol. The van der Waals surface area contributed by atoms with Gasteiger partial charge in [-0.1, -0.05) is 36.4 Å². The zero-order chi connectivity index (χ0) is 20.0. The van der Waals surface area contributed by atoms with E-state index in [-0.39, 0.29) is 39.5 Å². The summed E-state index contributed by atoms with van der Waals surface area (Å²) in [5.41, 5.74) is 6.83. The van der Waals surface area contributed by atoms with Gasteiger partial charge in [0.1, 0.15) is 11.6 Å². The number of nitriles is 1. The lowest BCUT2D eigenvalue weighted by atomic mass is 9.75. The van der Waals surface area contributed by atoms with E-state index in [1.807, 2.05) is 6.07 Å². The Kier molecular flexibility index (Phi) is 3.83. The molecule has 28 heavy (non-hydrogen) atoms. The first kappa shape index (κ1) is 17.2. The number of hydrogen-bond donors (Lipinski definition) is 2. The fourth-order valence-corrected chi connectivity index (χ4v) is 3.46. The van der Waals surface area contributed by atoms with Crippen molar-refractivity contribution in [3.63, 3.8) is 0 Å². The molecule has 0 aromatic heterocycles. The molecule has 1 heterocycles. The van der Waals surface area contributed by atoms with Crippen molar-refractivity contribution in [3.05, 3.63) is 93.6 Å². The summed E-state index contributed by atoms with van der Waals surface area (Å²) in [6, 6.07) is 14.0. The van der Waals surface area contributed by atoms with Gasteiger partial charge in [-0.15, -0.1) is 0 Å². The number of fused-ring (bicyclic) bond motifs is 1. The molecule has 0 fully saturated rings. The predicted molar refractivity (Wildman–Crippen MR) is 96.2 cm³/mol. The summed E-state index contributed by atoms with van der Waals surface area (Å²) < 4.78 is 5.40. The number of Topliss-reactive ketones (excluding diaryl/α,β-unsaturated/α-hetero) is 2. The van der Waals surface area contributed by atoms with E-state index in [0.29, 0.717) is 5.56 Å². The number of carboxylic acid groups (broad SMARTS) is 1. The lowest BCUT2D eigenvalue weighted by Crippen LogP contribution is -2.32. The van der Waals surface area contributed by atoms with Gasteiger partial charge in [-0.2, -0.15) is 5.26 Å². The zero-order valence-electron chi connectivity index (χ0n) is 14.3. The molecule has 0 bridgehead atoms. The Morgan fingerprint density at radius 3 is 2.21 bits per heavy atom. The normalized spacial score (nSPS) is 18.2.